The zero-order chi connectivity index (χ0) is 11.1. The standard InChI is InChI=1S/C3H4N2O6S3/c4-1-2(13(6,7)8)5-3(12-1)14(9,10)11/h4H2,(H,6,7,8)(H,9,10,11). The van der Waals surface area contributed by atoms with Crippen LogP contribution in [0.3, 0.4) is 0 Å². The van der Waals surface area contributed by atoms with Gasteiger partial charge in [-0.15, -0.1) is 0 Å². The number of nitrogen functional groups attached to an aromatic ring is 1. The van der Waals surface area contributed by atoms with Crippen LogP contribution in [0.1, 0.15) is 0 Å². The maximum absolute atomic E-state index is 10.5. The zero-order valence-corrected chi connectivity index (χ0v) is 8.73. The summed E-state index contributed by atoms with van der Waals surface area (Å²) in [7, 11) is -9.29. The minimum absolute atomic E-state index is 0.238. The van der Waals surface area contributed by atoms with Gasteiger partial charge in [0.25, 0.3) is 0 Å². The van der Waals surface area contributed by atoms with Gasteiger partial charge in [0, 0.05) is 0 Å². The summed E-state index contributed by atoms with van der Waals surface area (Å²) in [5.74, 6) is 0. The molecule has 0 aliphatic heterocycles. The smallest absolute Gasteiger partial charge is 0.322 e. The number of thiazole rings is 1. The molecule has 0 fully saturated rings. The van der Waals surface area contributed by atoms with Gasteiger partial charge in [-0.3, -0.25) is 9.11 Å². The van der Waals surface area contributed by atoms with Crippen LogP contribution < -0.4 is 5.73 Å². The largest absolute Gasteiger partial charge is 0.388 e. The summed E-state index contributed by atoms with van der Waals surface area (Å²) >= 11 is 0.238. The number of hydrogen-bond donors (Lipinski definition) is 3. The van der Waals surface area contributed by atoms with Crippen molar-refractivity contribution in [1.82, 2.24) is 4.98 Å². The Morgan fingerprint density at radius 3 is 1.86 bits per heavy atom. The highest BCUT2D eigenvalue weighted by Crippen LogP contribution is 2.27. The van der Waals surface area contributed by atoms with Crippen LogP contribution in [0.4, 0.5) is 5.00 Å². The van der Waals surface area contributed by atoms with Crippen molar-refractivity contribution in [2.24, 2.45) is 0 Å². The minimum atomic E-state index is -4.67. The maximum Gasteiger partial charge on any atom is 0.322 e. The Labute approximate surface area is 82.9 Å². The van der Waals surface area contributed by atoms with Crippen molar-refractivity contribution in [3.63, 3.8) is 0 Å². The van der Waals surface area contributed by atoms with Crippen LogP contribution in [0.5, 0.6) is 0 Å². The van der Waals surface area contributed by atoms with E-state index < -0.39 is 34.6 Å². The van der Waals surface area contributed by atoms with Gasteiger partial charge < -0.3 is 5.73 Å². The first kappa shape index (κ1) is 11.3. The molecule has 0 unspecified atom stereocenters. The Morgan fingerprint density at radius 2 is 1.64 bits per heavy atom. The van der Waals surface area contributed by atoms with Gasteiger partial charge >= 0.3 is 20.2 Å². The van der Waals surface area contributed by atoms with E-state index in [9.17, 15) is 16.8 Å². The van der Waals surface area contributed by atoms with Crippen LogP contribution in [0, 0.1) is 0 Å². The lowest BCUT2D eigenvalue weighted by molar-refractivity contribution is 0.476. The third-order valence-electron chi connectivity index (χ3n) is 1.07. The number of nitrogens with zero attached hydrogens (tertiary/aromatic N) is 1. The van der Waals surface area contributed by atoms with E-state index >= 15 is 0 Å². The molecule has 0 aliphatic carbocycles. The summed E-state index contributed by atoms with van der Waals surface area (Å²) in [6.07, 6.45) is 0. The van der Waals surface area contributed by atoms with Gasteiger partial charge in [-0.05, 0) is 0 Å². The average molecular weight is 260 g/mol. The lowest BCUT2D eigenvalue weighted by Gasteiger charge is -1.89. The summed E-state index contributed by atoms with van der Waals surface area (Å²) in [6, 6.07) is 0. The third-order valence-corrected chi connectivity index (χ3v) is 4.09. The van der Waals surface area contributed by atoms with Crippen molar-refractivity contribution < 1.29 is 25.9 Å². The molecule has 0 aromatic carbocycles. The second-order valence-electron chi connectivity index (χ2n) is 2.10. The van der Waals surface area contributed by atoms with E-state index in [0.717, 1.165) is 0 Å². The molecule has 0 spiro atoms. The number of aromatic nitrogens is 1. The summed E-state index contributed by atoms with van der Waals surface area (Å²) in [5, 5.41) is -1.49. The minimum Gasteiger partial charge on any atom is -0.388 e. The van der Waals surface area contributed by atoms with Gasteiger partial charge in [-0.2, -0.15) is 16.8 Å². The first-order chi connectivity index (χ1) is 6.12. The molecular weight excluding hydrogens is 256 g/mol. The van der Waals surface area contributed by atoms with E-state index in [1.807, 2.05) is 0 Å². The predicted molar refractivity (Wildman–Crippen MR) is 46.2 cm³/mol. The first-order valence-corrected chi connectivity index (χ1v) is 6.53. The monoisotopic (exact) mass is 260 g/mol. The van der Waals surface area contributed by atoms with Crippen LogP contribution in [-0.2, 0) is 20.2 Å². The molecule has 0 saturated heterocycles. The molecule has 8 nitrogen and oxygen atoms in total. The Balaban J connectivity index is 3.49. The van der Waals surface area contributed by atoms with Crippen molar-refractivity contribution in [3.8, 4) is 0 Å². The molecule has 4 N–H and O–H groups in total. The molecule has 0 saturated carbocycles. The number of hydrogen-bond acceptors (Lipinski definition) is 7. The second-order valence-corrected chi connectivity index (χ2v) is 6.06. The van der Waals surface area contributed by atoms with E-state index in [2.05, 4.69) is 4.98 Å². The molecule has 14 heavy (non-hydrogen) atoms. The summed E-state index contributed by atoms with van der Waals surface area (Å²) in [4.78, 5) is 2.97. The highest BCUT2D eigenvalue weighted by molar-refractivity contribution is 7.88. The van der Waals surface area contributed by atoms with Gasteiger partial charge in [0.15, 0.2) is 0 Å². The zero-order valence-electron chi connectivity index (χ0n) is 6.28. The Kier molecular flexibility index (Phi) is 2.53. The van der Waals surface area contributed by atoms with E-state index in [4.69, 9.17) is 14.8 Å². The van der Waals surface area contributed by atoms with Crippen LogP contribution in [0.15, 0.2) is 9.37 Å². The van der Waals surface area contributed by atoms with Gasteiger partial charge in [0.2, 0.25) is 9.37 Å². The fourth-order valence-electron chi connectivity index (χ4n) is 0.594. The molecule has 0 amide bonds. The van der Waals surface area contributed by atoms with Crippen LogP contribution in [-0.4, -0.2) is 30.9 Å². The predicted octanol–water partition coefficient (Wildman–Crippen LogP) is -0.781. The fourth-order valence-corrected chi connectivity index (χ4v) is 2.97. The van der Waals surface area contributed by atoms with Crippen LogP contribution in [0.2, 0.25) is 0 Å². The normalized spacial score (nSPS) is 13.0. The molecule has 1 aromatic rings. The summed E-state index contributed by atoms with van der Waals surface area (Å²) < 4.78 is 58.2. The number of rotatable bonds is 2. The molecule has 0 radical (unpaired) electrons. The van der Waals surface area contributed by atoms with E-state index in [0.29, 0.717) is 0 Å². The van der Waals surface area contributed by atoms with Crippen LogP contribution >= 0.6 is 11.3 Å². The summed E-state index contributed by atoms with van der Waals surface area (Å²) in [5.41, 5.74) is 5.07. The van der Waals surface area contributed by atoms with E-state index in [1.54, 1.807) is 0 Å². The Hall–Kier alpha value is -0.750. The van der Waals surface area contributed by atoms with Gasteiger partial charge in [-0.25, -0.2) is 4.98 Å². The molecule has 11 heteroatoms. The van der Waals surface area contributed by atoms with Gasteiger partial charge in [-0.1, -0.05) is 11.3 Å². The molecular formula is C3H4N2O6S3. The SMILES string of the molecule is Nc1sc(S(=O)(=O)O)nc1S(=O)(=O)O. The van der Waals surface area contributed by atoms with E-state index in [1.165, 1.54) is 0 Å². The van der Waals surface area contributed by atoms with E-state index in [-0.39, 0.29) is 11.3 Å². The van der Waals surface area contributed by atoms with Crippen molar-refractivity contribution in [2.75, 3.05) is 5.73 Å². The summed E-state index contributed by atoms with van der Waals surface area (Å²) in [6.45, 7) is 0. The average Bonchev–Trinajstić information content (AvgIpc) is 2.27. The van der Waals surface area contributed by atoms with Crippen molar-refractivity contribution in [2.45, 2.75) is 9.37 Å². The second kappa shape index (κ2) is 3.13. The van der Waals surface area contributed by atoms with Crippen molar-refractivity contribution in [1.29, 1.82) is 0 Å². The number of anilines is 1. The quantitative estimate of drug-likeness (QED) is 0.586. The lowest BCUT2D eigenvalue weighted by Crippen LogP contribution is -2.03. The van der Waals surface area contributed by atoms with Crippen molar-refractivity contribution >= 4 is 36.6 Å². The number of nitrogens with two attached hydrogens (primary N) is 1. The molecule has 80 valence electrons. The topological polar surface area (TPSA) is 148 Å². The molecule has 1 heterocycles. The fraction of sp³-hybridized carbons (Fsp3) is 0. The highest BCUT2D eigenvalue weighted by Gasteiger charge is 2.25. The Morgan fingerprint density at radius 1 is 1.14 bits per heavy atom. The molecule has 1 rings (SSSR count). The maximum atomic E-state index is 10.5. The van der Waals surface area contributed by atoms with Gasteiger partial charge in [0.1, 0.15) is 5.00 Å². The molecule has 0 bridgehead atoms. The third kappa shape index (κ3) is 2.19. The highest BCUT2D eigenvalue weighted by atomic mass is 32.3. The molecule has 1 aromatic heterocycles. The Bertz CT molecular complexity index is 553. The van der Waals surface area contributed by atoms with Gasteiger partial charge in [0.05, 0.1) is 0 Å². The molecule has 0 aliphatic rings. The molecule has 0 atom stereocenters. The lowest BCUT2D eigenvalue weighted by atomic mass is 10.9. The first-order valence-electron chi connectivity index (χ1n) is 2.83. The van der Waals surface area contributed by atoms with Crippen LogP contribution in [0.25, 0.3) is 0 Å². The van der Waals surface area contributed by atoms with Crippen molar-refractivity contribution in [3.05, 3.63) is 0 Å².